The summed E-state index contributed by atoms with van der Waals surface area (Å²) in [5, 5.41) is 19.2. The maximum absolute atomic E-state index is 12.0. The summed E-state index contributed by atoms with van der Waals surface area (Å²) in [4.78, 5) is 12.0. The number of carbonyl (C=O) groups is 1. The van der Waals surface area contributed by atoms with Crippen molar-refractivity contribution in [3.63, 3.8) is 0 Å². The minimum absolute atomic E-state index is 0.00313. The summed E-state index contributed by atoms with van der Waals surface area (Å²) in [6.07, 6.45) is 0.855. The van der Waals surface area contributed by atoms with E-state index in [4.69, 9.17) is 16.3 Å². The number of aromatic hydroxyl groups is 1. The Labute approximate surface area is 155 Å². The van der Waals surface area contributed by atoms with Gasteiger partial charge in [0.1, 0.15) is 5.75 Å². The quantitative estimate of drug-likeness (QED) is 0.612. The predicted octanol–water partition coefficient (Wildman–Crippen LogP) is 5.10. The van der Waals surface area contributed by atoms with E-state index < -0.39 is 5.91 Å². The Bertz CT molecular complexity index is 966. The van der Waals surface area contributed by atoms with E-state index in [1.54, 1.807) is 28.8 Å². The fraction of sp³-hybridized carbons (Fsp3) is 0.211. The number of aryl methyl sites for hydroxylation is 1. The van der Waals surface area contributed by atoms with Crippen LogP contribution in [-0.2, 0) is 11.3 Å². The van der Waals surface area contributed by atoms with Gasteiger partial charge < -0.3 is 14.4 Å². The van der Waals surface area contributed by atoms with E-state index in [2.05, 4.69) is 10.2 Å². The van der Waals surface area contributed by atoms with Gasteiger partial charge in [0.05, 0.1) is 10.5 Å². The van der Waals surface area contributed by atoms with Crippen LogP contribution in [0.4, 0.5) is 5.69 Å². The number of hydrogen-bond acceptors (Lipinski definition) is 4. The van der Waals surface area contributed by atoms with Crippen LogP contribution in [0.2, 0.25) is 5.02 Å². The van der Waals surface area contributed by atoms with E-state index in [-0.39, 0.29) is 18.2 Å². The molecule has 6 nitrogen and oxygen atoms in total. The molecular formula is C19H18ClN3O3. The molecule has 0 bridgehead atoms. The normalized spacial score (nSPS) is 11.3. The van der Waals surface area contributed by atoms with Gasteiger partial charge in [-0.2, -0.15) is 0 Å². The second kappa shape index (κ2) is 8.01. The summed E-state index contributed by atoms with van der Waals surface area (Å²) in [7, 11) is 0. The van der Waals surface area contributed by atoms with Crippen molar-refractivity contribution in [3.05, 3.63) is 53.6 Å². The van der Waals surface area contributed by atoms with Crippen LogP contribution in [-0.4, -0.2) is 22.2 Å². The van der Waals surface area contributed by atoms with Crippen molar-refractivity contribution in [1.29, 1.82) is 0 Å². The van der Waals surface area contributed by atoms with E-state index in [9.17, 15) is 9.90 Å². The number of carbonyl (C=O) groups excluding carboxylic acids is 1. The Kier molecular flexibility index (Phi) is 5.53. The molecule has 0 fully saturated rings. The molecule has 0 aliphatic heterocycles. The molecule has 1 N–H and O–H groups in total. The highest BCUT2D eigenvalue weighted by Crippen LogP contribution is 2.38. The van der Waals surface area contributed by atoms with Crippen LogP contribution in [0.5, 0.6) is 11.6 Å². The molecular weight excluding hydrogens is 354 g/mol. The van der Waals surface area contributed by atoms with Gasteiger partial charge in [-0.3, -0.25) is 4.79 Å². The molecule has 134 valence electrons. The first-order valence-electron chi connectivity index (χ1n) is 8.24. The average Bonchev–Trinajstić information content (AvgIpc) is 2.91. The molecule has 3 aromatic rings. The molecule has 0 spiro atoms. The van der Waals surface area contributed by atoms with Crippen molar-refractivity contribution < 1.29 is 14.6 Å². The number of halogens is 1. The van der Waals surface area contributed by atoms with Crippen molar-refractivity contribution in [2.45, 2.75) is 19.9 Å². The van der Waals surface area contributed by atoms with Crippen LogP contribution in [0.3, 0.4) is 0 Å². The number of ether oxygens (including phenoxy) is 1. The van der Waals surface area contributed by atoms with E-state index in [1.165, 1.54) is 0 Å². The zero-order valence-corrected chi connectivity index (χ0v) is 15.0. The average molecular weight is 372 g/mol. The second-order valence-corrected chi connectivity index (χ2v) is 6.06. The number of rotatable bonds is 6. The van der Waals surface area contributed by atoms with Gasteiger partial charge in [-0.05, 0) is 24.6 Å². The Morgan fingerprint density at radius 2 is 1.92 bits per heavy atom. The molecule has 1 aromatic heterocycles. The molecule has 0 atom stereocenters. The Morgan fingerprint density at radius 1 is 1.19 bits per heavy atom. The maximum Gasteiger partial charge on any atom is 0.302 e. The van der Waals surface area contributed by atoms with Crippen LogP contribution in [0.1, 0.15) is 13.3 Å². The largest absolute Gasteiger partial charge is 0.493 e. The summed E-state index contributed by atoms with van der Waals surface area (Å²) in [5.74, 6) is -0.173. The van der Waals surface area contributed by atoms with Gasteiger partial charge in [-0.1, -0.05) is 48.9 Å². The summed E-state index contributed by atoms with van der Waals surface area (Å²) < 4.78 is 7.10. The van der Waals surface area contributed by atoms with Gasteiger partial charge in [0.2, 0.25) is 5.88 Å². The molecule has 3 rings (SSSR count). The zero-order valence-electron chi connectivity index (χ0n) is 14.2. The first-order valence-corrected chi connectivity index (χ1v) is 8.61. The van der Waals surface area contributed by atoms with Crippen molar-refractivity contribution in [2.75, 3.05) is 6.61 Å². The Balaban J connectivity index is 1.79. The number of nitrogens with zero attached hydrogens (tertiary/aromatic N) is 3. The fourth-order valence-corrected chi connectivity index (χ4v) is 2.85. The molecule has 0 unspecified atom stereocenters. The van der Waals surface area contributed by atoms with Crippen molar-refractivity contribution >= 4 is 34.1 Å². The number of para-hydroxylation sites is 2. The van der Waals surface area contributed by atoms with Crippen LogP contribution in [0.15, 0.2) is 58.8 Å². The third kappa shape index (κ3) is 3.70. The molecule has 0 saturated heterocycles. The highest BCUT2D eigenvalue weighted by atomic mass is 35.5. The molecule has 26 heavy (non-hydrogen) atoms. The molecule has 1 heterocycles. The zero-order chi connectivity index (χ0) is 18.5. The maximum atomic E-state index is 12.0. The third-order valence-corrected chi connectivity index (χ3v) is 4.13. The minimum atomic E-state index is -0.573. The molecule has 0 saturated carbocycles. The number of amides is 1. The van der Waals surface area contributed by atoms with Crippen LogP contribution >= 0.6 is 11.6 Å². The van der Waals surface area contributed by atoms with E-state index in [1.807, 2.05) is 31.2 Å². The Hall–Kier alpha value is -2.86. The predicted molar refractivity (Wildman–Crippen MR) is 100 cm³/mol. The van der Waals surface area contributed by atoms with E-state index >= 15 is 0 Å². The lowest BCUT2D eigenvalue weighted by atomic mass is 10.2. The lowest BCUT2D eigenvalue weighted by molar-refractivity contribution is -0.120. The smallest absolute Gasteiger partial charge is 0.302 e. The van der Waals surface area contributed by atoms with Gasteiger partial charge in [0, 0.05) is 11.9 Å². The number of azo groups is 1. The fourth-order valence-electron chi connectivity index (χ4n) is 2.66. The van der Waals surface area contributed by atoms with Crippen molar-refractivity contribution in [1.82, 2.24) is 4.57 Å². The van der Waals surface area contributed by atoms with Gasteiger partial charge >= 0.3 is 5.91 Å². The monoisotopic (exact) mass is 371 g/mol. The molecule has 0 aliphatic carbocycles. The number of hydrogen-bond donors (Lipinski definition) is 1. The van der Waals surface area contributed by atoms with Crippen molar-refractivity contribution in [2.24, 2.45) is 10.2 Å². The molecule has 7 heteroatoms. The first kappa shape index (κ1) is 17.9. The lowest BCUT2D eigenvalue weighted by Gasteiger charge is -2.04. The highest BCUT2D eigenvalue weighted by molar-refractivity contribution is 6.32. The number of fused-ring (bicyclic) bond motifs is 1. The Morgan fingerprint density at radius 3 is 2.69 bits per heavy atom. The van der Waals surface area contributed by atoms with Crippen LogP contribution < -0.4 is 4.74 Å². The van der Waals surface area contributed by atoms with E-state index in [0.717, 1.165) is 17.3 Å². The minimum Gasteiger partial charge on any atom is -0.493 e. The van der Waals surface area contributed by atoms with Gasteiger partial charge in [-0.15, -0.1) is 10.2 Å². The van der Waals surface area contributed by atoms with E-state index in [0.29, 0.717) is 17.3 Å². The van der Waals surface area contributed by atoms with Gasteiger partial charge in [0.15, 0.2) is 12.3 Å². The van der Waals surface area contributed by atoms with Gasteiger partial charge in [0.25, 0.3) is 0 Å². The summed E-state index contributed by atoms with van der Waals surface area (Å²) in [6, 6.07) is 14.3. The molecule has 0 aliphatic rings. The SMILES string of the molecule is CCCn1c(O)c(N=NC(=O)COc2ccccc2Cl)c2ccccc21. The lowest BCUT2D eigenvalue weighted by Crippen LogP contribution is -2.08. The summed E-state index contributed by atoms with van der Waals surface area (Å²) in [6.45, 7) is 2.37. The first-order chi connectivity index (χ1) is 12.6. The van der Waals surface area contributed by atoms with Crippen LogP contribution in [0.25, 0.3) is 10.9 Å². The van der Waals surface area contributed by atoms with Crippen molar-refractivity contribution in [3.8, 4) is 11.6 Å². The van der Waals surface area contributed by atoms with Gasteiger partial charge in [-0.25, -0.2) is 0 Å². The number of benzene rings is 2. The molecule has 1 amide bonds. The molecule has 0 radical (unpaired) electrons. The second-order valence-electron chi connectivity index (χ2n) is 5.65. The third-order valence-electron chi connectivity index (χ3n) is 3.81. The van der Waals surface area contributed by atoms with Crippen LogP contribution in [0, 0.1) is 0 Å². The summed E-state index contributed by atoms with van der Waals surface area (Å²) >= 11 is 5.97. The standard InChI is InChI=1S/C19H18ClN3O3/c1-2-11-23-15-9-5-3-7-13(15)18(19(23)25)22-21-17(24)12-26-16-10-6-4-8-14(16)20/h3-10,25H,2,11-12H2,1H3. The topological polar surface area (TPSA) is 76.2 Å². The highest BCUT2D eigenvalue weighted by Gasteiger charge is 2.16. The summed E-state index contributed by atoms with van der Waals surface area (Å²) in [5.41, 5.74) is 1.13. The molecule has 2 aromatic carbocycles. The number of aromatic nitrogens is 1.